The first-order valence-corrected chi connectivity index (χ1v) is 7.14. The third-order valence-electron chi connectivity index (χ3n) is 2.70. The van der Waals surface area contributed by atoms with Crippen molar-refractivity contribution >= 4 is 39.0 Å². The largest absolute Gasteiger partial charge is 0.433 e. The second-order valence-electron chi connectivity index (χ2n) is 4.19. The number of nitrogens with one attached hydrogen (secondary N) is 1. The molecule has 2 rings (SSSR count). The number of halogens is 5. The topological polar surface area (TPSA) is 37.8 Å². The van der Waals surface area contributed by atoms with Crippen molar-refractivity contribution in [3.8, 4) is 0 Å². The van der Waals surface area contributed by atoms with Crippen LogP contribution in [0.15, 0.2) is 28.7 Å². The molecular weight excluding hydrogens is 371 g/mol. The zero-order chi connectivity index (χ0) is 15.6. The van der Waals surface area contributed by atoms with Crippen LogP contribution in [-0.4, -0.2) is 9.97 Å². The summed E-state index contributed by atoms with van der Waals surface area (Å²) in [6.45, 7) is 1.95. The lowest BCUT2D eigenvalue weighted by atomic mass is 10.1. The first-order chi connectivity index (χ1) is 9.79. The lowest BCUT2D eigenvalue weighted by molar-refractivity contribution is -0.141. The van der Waals surface area contributed by atoms with Gasteiger partial charge in [0.05, 0.1) is 0 Å². The van der Waals surface area contributed by atoms with Crippen molar-refractivity contribution in [2.45, 2.75) is 19.5 Å². The first kappa shape index (κ1) is 16.0. The van der Waals surface area contributed by atoms with E-state index < -0.39 is 17.2 Å². The highest BCUT2D eigenvalue weighted by atomic mass is 79.9. The van der Waals surface area contributed by atoms with Gasteiger partial charge < -0.3 is 5.32 Å². The molecule has 0 amide bonds. The lowest BCUT2D eigenvalue weighted by Gasteiger charge is -2.12. The van der Waals surface area contributed by atoms with Gasteiger partial charge in [0, 0.05) is 16.2 Å². The van der Waals surface area contributed by atoms with Crippen LogP contribution in [0.25, 0.3) is 0 Å². The number of alkyl halides is 3. The number of hydrogen-bond donors (Lipinski definition) is 1. The number of rotatable bonds is 3. The normalized spacial score (nSPS) is 11.5. The lowest BCUT2D eigenvalue weighted by Crippen LogP contribution is -2.10. The van der Waals surface area contributed by atoms with E-state index in [1.165, 1.54) is 0 Å². The van der Waals surface area contributed by atoms with E-state index >= 15 is 0 Å². The van der Waals surface area contributed by atoms with Crippen molar-refractivity contribution in [1.29, 1.82) is 0 Å². The van der Waals surface area contributed by atoms with Crippen LogP contribution in [0, 0.1) is 0 Å². The van der Waals surface area contributed by atoms with Gasteiger partial charge in [0.1, 0.15) is 5.82 Å². The maximum atomic E-state index is 12.7. The molecular formula is C13H10BrClF3N3. The van der Waals surface area contributed by atoms with E-state index in [4.69, 9.17) is 11.6 Å². The summed E-state index contributed by atoms with van der Waals surface area (Å²) in [5.74, 6) is -0.000604. The summed E-state index contributed by atoms with van der Waals surface area (Å²) in [4.78, 5) is 6.96. The van der Waals surface area contributed by atoms with Crippen molar-refractivity contribution in [1.82, 2.24) is 9.97 Å². The molecule has 8 heteroatoms. The summed E-state index contributed by atoms with van der Waals surface area (Å²) in [5, 5.41) is 2.39. The van der Waals surface area contributed by atoms with Crippen LogP contribution < -0.4 is 5.32 Å². The Morgan fingerprint density at radius 3 is 2.57 bits per heavy atom. The quantitative estimate of drug-likeness (QED) is 0.742. The molecule has 0 bridgehead atoms. The summed E-state index contributed by atoms with van der Waals surface area (Å²) < 4.78 is 39.0. The molecule has 0 spiro atoms. The van der Waals surface area contributed by atoms with Gasteiger partial charge in [-0.15, -0.1) is 0 Å². The minimum Gasteiger partial charge on any atom is -0.340 e. The Kier molecular flexibility index (Phi) is 4.73. The van der Waals surface area contributed by atoms with Crippen LogP contribution in [0.1, 0.15) is 18.2 Å². The molecule has 112 valence electrons. The minimum absolute atomic E-state index is 0.000604. The van der Waals surface area contributed by atoms with Crippen LogP contribution in [0.4, 0.5) is 24.7 Å². The molecule has 0 atom stereocenters. The fraction of sp³-hybridized carbons (Fsp3) is 0.231. The van der Waals surface area contributed by atoms with Gasteiger partial charge in [0.2, 0.25) is 5.28 Å². The van der Waals surface area contributed by atoms with Crippen molar-refractivity contribution in [2.24, 2.45) is 0 Å². The molecule has 2 aromatic rings. The molecule has 3 nitrogen and oxygen atoms in total. The standard InChI is InChI=1S/C13H10BrClF3N3/c1-2-7-5-8(14)3-4-9(7)19-11-6-10(13(16,17)18)20-12(15)21-11/h3-6H,2H2,1H3,(H,19,20,21). The fourth-order valence-electron chi connectivity index (χ4n) is 1.74. The average Bonchev–Trinajstić information content (AvgIpc) is 2.39. The van der Waals surface area contributed by atoms with E-state index in [9.17, 15) is 13.2 Å². The maximum Gasteiger partial charge on any atom is 0.433 e. The Balaban J connectivity index is 2.38. The molecule has 1 heterocycles. The summed E-state index contributed by atoms with van der Waals surface area (Å²) >= 11 is 8.90. The van der Waals surface area contributed by atoms with Gasteiger partial charge in [0.15, 0.2) is 5.69 Å². The van der Waals surface area contributed by atoms with Crippen LogP contribution in [0.3, 0.4) is 0 Å². The van der Waals surface area contributed by atoms with Gasteiger partial charge in [-0.05, 0) is 41.8 Å². The summed E-state index contributed by atoms with van der Waals surface area (Å²) in [7, 11) is 0. The van der Waals surface area contributed by atoms with Crippen LogP contribution in [0.5, 0.6) is 0 Å². The van der Waals surface area contributed by atoms with Crippen molar-refractivity contribution < 1.29 is 13.2 Å². The van der Waals surface area contributed by atoms with E-state index in [2.05, 4.69) is 31.2 Å². The molecule has 0 radical (unpaired) electrons. The van der Waals surface area contributed by atoms with Crippen molar-refractivity contribution in [3.05, 3.63) is 45.3 Å². The zero-order valence-corrected chi connectivity index (χ0v) is 13.1. The first-order valence-electron chi connectivity index (χ1n) is 5.97. The van der Waals surface area contributed by atoms with Gasteiger partial charge in [-0.25, -0.2) is 9.97 Å². The highest BCUT2D eigenvalue weighted by Gasteiger charge is 2.33. The number of anilines is 2. The number of nitrogens with zero attached hydrogens (tertiary/aromatic N) is 2. The summed E-state index contributed by atoms with van der Waals surface area (Å²) in [5.41, 5.74) is 0.524. The molecule has 1 aromatic carbocycles. The Bertz CT molecular complexity index is 662. The Hall–Kier alpha value is -1.34. The molecule has 21 heavy (non-hydrogen) atoms. The van der Waals surface area contributed by atoms with Gasteiger partial charge in [-0.2, -0.15) is 13.2 Å². The second kappa shape index (κ2) is 6.19. The highest BCUT2D eigenvalue weighted by Crippen LogP contribution is 2.31. The monoisotopic (exact) mass is 379 g/mol. The molecule has 0 aliphatic carbocycles. The molecule has 1 N–H and O–H groups in total. The van der Waals surface area contributed by atoms with E-state index in [0.29, 0.717) is 12.1 Å². The van der Waals surface area contributed by atoms with E-state index in [1.54, 1.807) is 12.1 Å². The molecule has 0 aliphatic rings. The smallest absolute Gasteiger partial charge is 0.340 e. The van der Waals surface area contributed by atoms with Gasteiger partial charge in [-0.3, -0.25) is 0 Å². The third-order valence-corrected chi connectivity index (χ3v) is 3.36. The number of benzene rings is 1. The number of aromatic nitrogens is 2. The average molecular weight is 381 g/mol. The molecule has 0 saturated heterocycles. The Morgan fingerprint density at radius 2 is 1.95 bits per heavy atom. The fourth-order valence-corrected chi connectivity index (χ4v) is 2.33. The van der Waals surface area contributed by atoms with Crippen molar-refractivity contribution in [2.75, 3.05) is 5.32 Å². The predicted octanol–water partition coefficient (Wildman–Crippen LogP) is 5.22. The van der Waals surface area contributed by atoms with Crippen LogP contribution in [-0.2, 0) is 12.6 Å². The Labute approximate surface area is 132 Å². The number of aryl methyl sites for hydroxylation is 1. The molecule has 0 saturated carbocycles. The summed E-state index contributed by atoms with van der Waals surface area (Å²) in [6, 6.07) is 6.25. The molecule has 0 fully saturated rings. The highest BCUT2D eigenvalue weighted by molar-refractivity contribution is 9.10. The van der Waals surface area contributed by atoms with E-state index in [-0.39, 0.29) is 5.82 Å². The second-order valence-corrected chi connectivity index (χ2v) is 5.44. The van der Waals surface area contributed by atoms with E-state index in [0.717, 1.165) is 16.1 Å². The zero-order valence-electron chi connectivity index (χ0n) is 10.8. The van der Waals surface area contributed by atoms with Crippen molar-refractivity contribution in [3.63, 3.8) is 0 Å². The van der Waals surface area contributed by atoms with Gasteiger partial charge in [-0.1, -0.05) is 22.9 Å². The minimum atomic E-state index is -4.57. The Morgan fingerprint density at radius 1 is 1.24 bits per heavy atom. The third kappa shape index (κ3) is 4.07. The number of hydrogen-bond acceptors (Lipinski definition) is 3. The molecule has 1 aromatic heterocycles. The molecule has 0 aliphatic heterocycles. The van der Waals surface area contributed by atoms with Gasteiger partial charge in [0.25, 0.3) is 0 Å². The van der Waals surface area contributed by atoms with Crippen LogP contribution >= 0.6 is 27.5 Å². The van der Waals surface area contributed by atoms with Gasteiger partial charge >= 0.3 is 6.18 Å². The van der Waals surface area contributed by atoms with E-state index in [1.807, 2.05) is 13.0 Å². The van der Waals surface area contributed by atoms with Crippen LogP contribution in [0.2, 0.25) is 5.28 Å². The summed E-state index contributed by atoms with van der Waals surface area (Å²) in [6.07, 6.45) is -3.86. The molecule has 0 unspecified atom stereocenters. The SMILES string of the molecule is CCc1cc(Br)ccc1Nc1cc(C(F)(F)F)nc(Cl)n1. The predicted molar refractivity (Wildman–Crippen MR) is 78.8 cm³/mol. The maximum absolute atomic E-state index is 12.7.